The Morgan fingerprint density at radius 3 is 2.48 bits per heavy atom. The first-order chi connectivity index (χ1) is 12.5. The highest BCUT2D eigenvalue weighted by Gasteiger charge is 2.22. The molecule has 27 heavy (non-hydrogen) atoms. The number of phosphoric ester groups is 1. The molecule has 0 aliphatic heterocycles. The summed E-state index contributed by atoms with van der Waals surface area (Å²) in [7, 11) is 1.24. The van der Waals surface area contributed by atoms with Gasteiger partial charge < -0.3 is 28.8 Å². The third-order valence-electron chi connectivity index (χ3n) is 3.78. The summed E-state index contributed by atoms with van der Waals surface area (Å²) in [4.78, 5) is 23.2. The second-order valence-electron chi connectivity index (χ2n) is 7.67. The van der Waals surface area contributed by atoms with Crippen LogP contribution in [0, 0.1) is 0 Å². The molecule has 2 N–H and O–H groups in total. The molecule has 0 heterocycles. The van der Waals surface area contributed by atoms with Gasteiger partial charge in [-0.25, -0.2) is 0 Å². The minimum atomic E-state index is -4.51. The Morgan fingerprint density at radius 2 is 1.93 bits per heavy atom. The molecule has 0 aliphatic rings. The number of rotatable bonds is 15. The van der Waals surface area contributed by atoms with Gasteiger partial charge in [0.2, 0.25) is 5.91 Å². The molecule has 9 heteroatoms. The summed E-state index contributed by atoms with van der Waals surface area (Å²) in [6, 6.07) is -0.876. The van der Waals surface area contributed by atoms with E-state index < -0.39 is 26.6 Å². The second-order valence-corrected chi connectivity index (χ2v) is 9.08. The average molecular weight is 408 g/mol. The standard InChI is InChI=1S/C18H37N2O6P/c1-6-7-8-9-10-11-12-18(22)17(19-16(2)21)15-26-27(23,24)25-14-13-20(3,4)5/h11-12,17-18,22H,6-10,13-15H2,1-5H3,(H-,19,21,23,24)/b12-11+. The van der Waals surface area contributed by atoms with Crippen LogP contribution in [0.1, 0.15) is 46.0 Å². The number of nitrogens with zero attached hydrogens (tertiary/aromatic N) is 1. The normalized spacial score (nSPS) is 16.9. The van der Waals surface area contributed by atoms with Crippen LogP contribution in [-0.4, -0.2) is 68.5 Å². The minimum Gasteiger partial charge on any atom is -0.756 e. The van der Waals surface area contributed by atoms with Gasteiger partial charge in [0.15, 0.2) is 0 Å². The van der Waals surface area contributed by atoms with E-state index in [4.69, 9.17) is 9.05 Å². The number of allylic oxidation sites excluding steroid dienone is 1. The molecule has 0 aliphatic carbocycles. The summed E-state index contributed by atoms with van der Waals surface area (Å²) < 4.78 is 22.1. The predicted octanol–water partition coefficient (Wildman–Crippen LogP) is 1.59. The lowest BCUT2D eigenvalue weighted by Crippen LogP contribution is -2.45. The molecule has 0 fully saturated rings. The predicted molar refractivity (Wildman–Crippen MR) is 104 cm³/mol. The molecule has 0 aromatic heterocycles. The molecular formula is C18H37N2O6P. The van der Waals surface area contributed by atoms with Crippen molar-refractivity contribution in [2.75, 3.05) is 40.9 Å². The summed E-state index contributed by atoms with van der Waals surface area (Å²) in [5, 5.41) is 12.7. The lowest BCUT2D eigenvalue weighted by atomic mass is 10.1. The number of aliphatic hydroxyl groups excluding tert-OH is 1. The molecule has 0 bridgehead atoms. The smallest absolute Gasteiger partial charge is 0.268 e. The van der Waals surface area contributed by atoms with Crippen LogP contribution in [0.15, 0.2) is 12.2 Å². The fourth-order valence-electron chi connectivity index (χ4n) is 2.18. The molecule has 3 unspecified atom stereocenters. The van der Waals surface area contributed by atoms with E-state index in [-0.39, 0.29) is 12.5 Å². The third-order valence-corrected chi connectivity index (χ3v) is 4.75. The topological polar surface area (TPSA) is 108 Å². The first kappa shape index (κ1) is 26.2. The zero-order valence-electron chi connectivity index (χ0n) is 17.3. The lowest BCUT2D eigenvalue weighted by molar-refractivity contribution is -0.870. The van der Waals surface area contributed by atoms with Crippen molar-refractivity contribution in [3.8, 4) is 0 Å². The lowest BCUT2D eigenvalue weighted by Gasteiger charge is -2.29. The molecule has 0 radical (unpaired) electrons. The molecule has 1 amide bonds. The Hall–Kier alpha value is -0.760. The van der Waals surface area contributed by atoms with Gasteiger partial charge in [0, 0.05) is 6.92 Å². The number of carbonyl (C=O) groups excluding carboxylic acids is 1. The van der Waals surface area contributed by atoms with Crippen LogP contribution in [0.3, 0.4) is 0 Å². The molecule has 0 saturated heterocycles. The van der Waals surface area contributed by atoms with Crippen molar-refractivity contribution in [2.45, 2.75) is 58.1 Å². The molecule has 0 spiro atoms. The Morgan fingerprint density at radius 1 is 1.26 bits per heavy atom. The van der Waals surface area contributed by atoms with Crippen molar-refractivity contribution in [1.82, 2.24) is 5.32 Å². The van der Waals surface area contributed by atoms with Crippen molar-refractivity contribution in [3.05, 3.63) is 12.2 Å². The van der Waals surface area contributed by atoms with Gasteiger partial charge in [-0.2, -0.15) is 0 Å². The highest BCUT2D eigenvalue weighted by atomic mass is 31.2. The number of carbonyl (C=O) groups is 1. The Bertz CT molecular complexity index is 493. The van der Waals surface area contributed by atoms with Crippen LogP contribution >= 0.6 is 7.82 Å². The van der Waals surface area contributed by atoms with Crippen LogP contribution in [-0.2, 0) is 18.4 Å². The SMILES string of the molecule is CCCCCC/C=C/C(O)C(COP(=O)([O-])OCC[N+](C)(C)C)NC(C)=O. The maximum absolute atomic E-state index is 11.9. The molecule has 0 aromatic rings. The number of phosphoric acid groups is 1. The van der Waals surface area contributed by atoms with E-state index >= 15 is 0 Å². The van der Waals surface area contributed by atoms with Gasteiger partial charge in [0.1, 0.15) is 13.2 Å². The van der Waals surface area contributed by atoms with E-state index in [2.05, 4.69) is 12.2 Å². The van der Waals surface area contributed by atoms with Crippen molar-refractivity contribution in [3.63, 3.8) is 0 Å². The number of amides is 1. The number of hydrogen-bond donors (Lipinski definition) is 2. The van der Waals surface area contributed by atoms with Gasteiger partial charge in [0.25, 0.3) is 7.82 Å². The Kier molecular flexibility index (Phi) is 13.0. The number of aliphatic hydroxyl groups is 1. The van der Waals surface area contributed by atoms with Crippen molar-refractivity contribution < 1.29 is 32.9 Å². The van der Waals surface area contributed by atoms with E-state index in [1.807, 2.05) is 27.2 Å². The molecule has 3 atom stereocenters. The first-order valence-corrected chi connectivity index (χ1v) is 11.0. The van der Waals surface area contributed by atoms with Gasteiger partial charge in [-0.3, -0.25) is 9.36 Å². The maximum atomic E-state index is 11.9. The molecule has 160 valence electrons. The van der Waals surface area contributed by atoms with Crippen LogP contribution in [0.2, 0.25) is 0 Å². The number of nitrogens with one attached hydrogen (secondary N) is 1. The van der Waals surface area contributed by atoms with E-state index in [0.29, 0.717) is 11.0 Å². The summed E-state index contributed by atoms with van der Waals surface area (Å²) in [6.07, 6.45) is 7.64. The largest absolute Gasteiger partial charge is 0.756 e. The summed E-state index contributed by atoms with van der Waals surface area (Å²) >= 11 is 0. The van der Waals surface area contributed by atoms with E-state index in [1.165, 1.54) is 13.3 Å². The van der Waals surface area contributed by atoms with Crippen molar-refractivity contribution >= 4 is 13.7 Å². The van der Waals surface area contributed by atoms with Gasteiger partial charge in [0.05, 0.1) is 39.9 Å². The average Bonchev–Trinajstić information content (AvgIpc) is 2.52. The third kappa shape index (κ3) is 15.9. The van der Waals surface area contributed by atoms with Crippen LogP contribution in [0.25, 0.3) is 0 Å². The van der Waals surface area contributed by atoms with E-state index in [0.717, 1.165) is 25.7 Å². The molecular weight excluding hydrogens is 371 g/mol. The zero-order chi connectivity index (χ0) is 20.9. The first-order valence-electron chi connectivity index (χ1n) is 9.49. The highest BCUT2D eigenvalue weighted by molar-refractivity contribution is 7.45. The molecule has 0 aromatic carbocycles. The fraction of sp³-hybridized carbons (Fsp3) is 0.833. The fourth-order valence-corrected chi connectivity index (χ4v) is 2.90. The van der Waals surface area contributed by atoms with Crippen molar-refractivity contribution in [1.29, 1.82) is 0 Å². The molecule has 8 nitrogen and oxygen atoms in total. The minimum absolute atomic E-state index is 0.00466. The highest BCUT2D eigenvalue weighted by Crippen LogP contribution is 2.38. The van der Waals surface area contributed by atoms with Crippen LogP contribution < -0.4 is 10.2 Å². The van der Waals surface area contributed by atoms with Crippen molar-refractivity contribution in [2.24, 2.45) is 0 Å². The molecule has 0 saturated carbocycles. The Labute approximate surface area is 163 Å². The number of hydrogen-bond acceptors (Lipinski definition) is 6. The van der Waals surface area contributed by atoms with E-state index in [1.54, 1.807) is 6.08 Å². The zero-order valence-corrected chi connectivity index (χ0v) is 18.2. The van der Waals surface area contributed by atoms with Gasteiger partial charge in [-0.15, -0.1) is 0 Å². The van der Waals surface area contributed by atoms with Crippen LogP contribution in [0.5, 0.6) is 0 Å². The summed E-state index contributed by atoms with van der Waals surface area (Å²) in [6.45, 7) is 3.52. The monoisotopic (exact) mass is 408 g/mol. The van der Waals surface area contributed by atoms with Gasteiger partial charge in [-0.1, -0.05) is 38.3 Å². The number of quaternary nitrogens is 1. The van der Waals surface area contributed by atoms with Gasteiger partial charge in [-0.05, 0) is 12.8 Å². The summed E-state index contributed by atoms with van der Waals surface area (Å²) in [5.74, 6) is -0.384. The maximum Gasteiger partial charge on any atom is 0.268 e. The number of likely N-dealkylation sites (N-methyl/N-ethyl adjacent to an activating group) is 1. The summed E-state index contributed by atoms with van der Waals surface area (Å²) in [5.41, 5.74) is 0. The number of unbranched alkanes of at least 4 members (excludes halogenated alkanes) is 4. The second kappa shape index (κ2) is 13.4. The van der Waals surface area contributed by atoms with E-state index in [9.17, 15) is 19.4 Å². The van der Waals surface area contributed by atoms with Crippen LogP contribution in [0.4, 0.5) is 0 Å². The Balaban J connectivity index is 4.51. The van der Waals surface area contributed by atoms with Gasteiger partial charge >= 0.3 is 0 Å². The molecule has 0 rings (SSSR count). The quantitative estimate of drug-likeness (QED) is 0.184.